The standard InChI is InChI=1S/C14H17FO2/c15-14-6-2-1-4-11(14)10-12(16)7-8-13-5-3-9-17-13/h1-2,4,6,13H,3,5,7-10H2. The van der Waals surface area contributed by atoms with Crippen molar-refractivity contribution in [1.29, 1.82) is 0 Å². The Morgan fingerprint density at radius 2 is 2.24 bits per heavy atom. The molecule has 1 aromatic rings. The number of ether oxygens (including phenoxy) is 1. The minimum absolute atomic E-state index is 0.0885. The Bertz CT molecular complexity index is 384. The van der Waals surface area contributed by atoms with Crippen LogP contribution in [0.4, 0.5) is 4.39 Å². The van der Waals surface area contributed by atoms with Crippen LogP contribution in [0.2, 0.25) is 0 Å². The highest BCUT2D eigenvalue weighted by molar-refractivity contribution is 5.80. The average molecular weight is 236 g/mol. The summed E-state index contributed by atoms with van der Waals surface area (Å²) < 4.78 is 18.8. The summed E-state index contributed by atoms with van der Waals surface area (Å²) in [7, 11) is 0. The number of benzene rings is 1. The first-order chi connectivity index (χ1) is 8.25. The van der Waals surface area contributed by atoms with Crippen molar-refractivity contribution in [2.24, 2.45) is 0 Å². The Morgan fingerprint density at radius 3 is 2.94 bits per heavy atom. The third-order valence-corrected chi connectivity index (χ3v) is 3.11. The summed E-state index contributed by atoms with van der Waals surface area (Å²) in [6.07, 6.45) is 3.82. The van der Waals surface area contributed by atoms with Crippen molar-refractivity contribution >= 4 is 5.78 Å². The Balaban J connectivity index is 1.79. The van der Waals surface area contributed by atoms with E-state index in [4.69, 9.17) is 4.74 Å². The molecular formula is C14H17FO2. The van der Waals surface area contributed by atoms with Crippen LogP contribution in [0.3, 0.4) is 0 Å². The topological polar surface area (TPSA) is 26.3 Å². The van der Waals surface area contributed by atoms with Crippen LogP contribution in [-0.2, 0) is 16.0 Å². The first kappa shape index (κ1) is 12.2. The number of halogens is 1. The number of ketones is 1. The average Bonchev–Trinajstić information content (AvgIpc) is 2.82. The SMILES string of the molecule is O=C(CCC1CCCO1)Cc1ccccc1F. The fourth-order valence-electron chi connectivity index (χ4n) is 2.14. The van der Waals surface area contributed by atoms with Crippen LogP contribution in [0.5, 0.6) is 0 Å². The van der Waals surface area contributed by atoms with E-state index in [1.807, 2.05) is 0 Å². The van der Waals surface area contributed by atoms with E-state index in [9.17, 15) is 9.18 Å². The minimum atomic E-state index is -0.294. The fourth-order valence-corrected chi connectivity index (χ4v) is 2.14. The van der Waals surface area contributed by atoms with Crippen LogP contribution in [0.25, 0.3) is 0 Å². The van der Waals surface area contributed by atoms with Crippen LogP contribution < -0.4 is 0 Å². The Morgan fingerprint density at radius 1 is 1.41 bits per heavy atom. The molecule has 1 aliphatic heterocycles. The molecule has 1 heterocycles. The lowest BCUT2D eigenvalue weighted by molar-refractivity contribution is -0.119. The van der Waals surface area contributed by atoms with E-state index in [0.717, 1.165) is 25.9 Å². The highest BCUT2D eigenvalue weighted by Gasteiger charge is 2.17. The van der Waals surface area contributed by atoms with Gasteiger partial charge in [0.05, 0.1) is 6.10 Å². The van der Waals surface area contributed by atoms with Crippen LogP contribution >= 0.6 is 0 Å². The molecular weight excluding hydrogens is 219 g/mol. The van der Waals surface area contributed by atoms with Crippen molar-refractivity contribution < 1.29 is 13.9 Å². The third kappa shape index (κ3) is 3.63. The fraction of sp³-hybridized carbons (Fsp3) is 0.500. The lowest BCUT2D eigenvalue weighted by atomic mass is 10.0. The molecule has 2 nitrogen and oxygen atoms in total. The molecule has 1 saturated heterocycles. The lowest BCUT2D eigenvalue weighted by Crippen LogP contribution is -2.10. The molecule has 0 bridgehead atoms. The van der Waals surface area contributed by atoms with Gasteiger partial charge in [-0.25, -0.2) is 4.39 Å². The summed E-state index contributed by atoms with van der Waals surface area (Å²) in [5, 5.41) is 0. The van der Waals surface area contributed by atoms with Crippen molar-refractivity contribution in [3.8, 4) is 0 Å². The summed E-state index contributed by atoms with van der Waals surface area (Å²) in [5.74, 6) is -0.205. The molecule has 1 unspecified atom stereocenters. The van der Waals surface area contributed by atoms with E-state index in [0.29, 0.717) is 12.0 Å². The number of hydrogen-bond acceptors (Lipinski definition) is 2. The predicted molar refractivity (Wildman–Crippen MR) is 63.3 cm³/mol. The van der Waals surface area contributed by atoms with E-state index in [-0.39, 0.29) is 24.1 Å². The summed E-state index contributed by atoms with van der Waals surface area (Å²) in [6, 6.07) is 6.45. The molecule has 1 aliphatic rings. The van der Waals surface area contributed by atoms with Gasteiger partial charge >= 0.3 is 0 Å². The van der Waals surface area contributed by atoms with Gasteiger partial charge in [-0.05, 0) is 30.9 Å². The zero-order valence-corrected chi connectivity index (χ0v) is 9.82. The van der Waals surface area contributed by atoms with Gasteiger partial charge in [0.2, 0.25) is 0 Å². The van der Waals surface area contributed by atoms with E-state index in [1.54, 1.807) is 18.2 Å². The predicted octanol–water partition coefficient (Wildman–Crippen LogP) is 2.90. The molecule has 17 heavy (non-hydrogen) atoms. The number of Topliss-reactive ketones (excluding diaryl/α,β-unsaturated/α-hetero) is 1. The number of carbonyl (C=O) groups is 1. The smallest absolute Gasteiger partial charge is 0.137 e. The molecule has 0 N–H and O–H groups in total. The molecule has 0 radical (unpaired) electrons. The maximum atomic E-state index is 13.3. The highest BCUT2D eigenvalue weighted by atomic mass is 19.1. The van der Waals surface area contributed by atoms with Crippen LogP contribution in [0, 0.1) is 5.82 Å². The molecule has 0 aliphatic carbocycles. The Labute approximate surface area is 101 Å². The van der Waals surface area contributed by atoms with Gasteiger partial charge in [-0.3, -0.25) is 4.79 Å². The van der Waals surface area contributed by atoms with Gasteiger partial charge in [-0.15, -0.1) is 0 Å². The zero-order chi connectivity index (χ0) is 12.1. The van der Waals surface area contributed by atoms with Crippen LogP contribution in [0.1, 0.15) is 31.2 Å². The molecule has 2 rings (SSSR count). The van der Waals surface area contributed by atoms with Gasteiger partial charge in [0.25, 0.3) is 0 Å². The second kappa shape index (κ2) is 5.92. The molecule has 0 aromatic heterocycles. The van der Waals surface area contributed by atoms with Gasteiger partial charge in [-0.1, -0.05) is 18.2 Å². The molecule has 0 amide bonds. The summed E-state index contributed by atoms with van der Waals surface area (Å²) in [6.45, 7) is 0.812. The van der Waals surface area contributed by atoms with Gasteiger partial charge in [0, 0.05) is 19.4 Å². The molecule has 1 aromatic carbocycles. The zero-order valence-electron chi connectivity index (χ0n) is 9.82. The van der Waals surface area contributed by atoms with E-state index >= 15 is 0 Å². The largest absolute Gasteiger partial charge is 0.378 e. The Kier molecular flexibility index (Phi) is 4.26. The van der Waals surface area contributed by atoms with Crippen molar-refractivity contribution in [3.63, 3.8) is 0 Å². The highest BCUT2D eigenvalue weighted by Crippen LogP contribution is 2.17. The van der Waals surface area contributed by atoms with Crippen LogP contribution in [-0.4, -0.2) is 18.5 Å². The van der Waals surface area contributed by atoms with Crippen molar-refractivity contribution in [3.05, 3.63) is 35.6 Å². The monoisotopic (exact) mass is 236 g/mol. The van der Waals surface area contributed by atoms with Crippen molar-refractivity contribution in [1.82, 2.24) is 0 Å². The lowest BCUT2D eigenvalue weighted by Gasteiger charge is -2.08. The Hall–Kier alpha value is -1.22. The van der Waals surface area contributed by atoms with Gasteiger partial charge in [0.15, 0.2) is 0 Å². The number of hydrogen-bond donors (Lipinski definition) is 0. The number of rotatable bonds is 5. The molecule has 0 saturated carbocycles. The normalized spacial score (nSPS) is 19.5. The van der Waals surface area contributed by atoms with E-state index < -0.39 is 0 Å². The number of carbonyl (C=O) groups excluding carboxylic acids is 1. The molecule has 92 valence electrons. The maximum Gasteiger partial charge on any atom is 0.137 e. The summed E-state index contributed by atoms with van der Waals surface area (Å²) in [4.78, 5) is 11.7. The minimum Gasteiger partial charge on any atom is -0.378 e. The molecule has 3 heteroatoms. The van der Waals surface area contributed by atoms with Gasteiger partial charge in [0.1, 0.15) is 11.6 Å². The van der Waals surface area contributed by atoms with E-state index in [2.05, 4.69) is 0 Å². The summed E-state index contributed by atoms with van der Waals surface area (Å²) in [5.41, 5.74) is 0.491. The van der Waals surface area contributed by atoms with Crippen molar-refractivity contribution in [2.45, 2.75) is 38.2 Å². The van der Waals surface area contributed by atoms with E-state index in [1.165, 1.54) is 6.07 Å². The van der Waals surface area contributed by atoms with Crippen molar-refractivity contribution in [2.75, 3.05) is 6.61 Å². The maximum absolute atomic E-state index is 13.3. The third-order valence-electron chi connectivity index (χ3n) is 3.11. The molecule has 1 atom stereocenters. The summed E-state index contributed by atoms with van der Waals surface area (Å²) >= 11 is 0. The van der Waals surface area contributed by atoms with Crippen LogP contribution in [0.15, 0.2) is 24.3 Å². The first-order valence-corrected chi connectivity index (χ1v) is 6.12. The van der Waals surface area contributed by atoms with Gasteiger partial charge in [-0.2, -0.15) is 0 Å². The quantitative estimate of drug-likeness (QED) is 0.785. The van der Waals surface area contributed by atoms with Gasteiger partial charge < -0.3 is 4.74 Å². The molecule has 1 fully saturated rings. The first-order valence-electron chi connectivity index (χ1n) is 6.12. The molecule has 0 spiro atoms. The second-order valence-electron chi connectivity index (χ2n) is 4.48. The second-order valence-corrected chi connectivity index (χ2v) is 4.48.